The fraction of sp³-hybridized carbons (Fsp3) is 0.619. The number of rotatable bonds is 6. The van der Waals surface area contributed by atoms with Gasteiger partial charge in [-0.3, -0.25) is 9.59 Å². The molecular formula is C21H28N2O5S. The summed E-state index contributed by atoms with van der Waals surface area (Å²) in [5, 5.41) is 0. The van der Waals surface area contributed by atoms with Crippen molar-refractivity contribution in [3.63, 3.8) is 0 Å². The maximum atomic E-state index is 12.7. The highest BCUT2D eigenvalue weighted by Gasteiger charge is 2.40. The molecule has 1 aromatic rings. The lowest BCUT2D eigenvalue weighted by atomic mass is 9.86. The van der Waals surface area contributed by atoms with Gasteiger partial charge in [0.15, 0.2) is 6.61 Å². The zero-order valence-electron chi connectivity index (χ0n) is 16.5. The molecule has 0 spiro atoms. The number of carbonyl (C=O) groups excluding carboxylic acids is 2. The number of piperazine rings is 1. The molecule has 3 unspecified atom stereocenters. The van der Waals surface area contributed by atoms with Gasteiger partial charge in [-0.25, -0.2) is 8.42 Å². The highest BCUT2D eigenvalue weighted by Crippen LogP contribution is 2.49. The first-order chi connectivity index (χ1) is 13.9. The Labute approximate surface area is 172 Å². The van der Waals surface area contributed by atoms with E-state index in [2.05, 4.69) is 0 Å². The second kappa shape index (κ2) is 8.44. The van der Waals surface area contributed by atoms with E-state index in [0.29, 0.717) is 31.3 Å². The van der Waals surface area contributed by atoms with E-state index >= 15 is 0 Å². The molecule has 2 bridgehead atoms. The molecule has 1 heterocycles. The molecule has 2 aliphatic carbocycles. The third-order valence-corrected chi connectivity index (χ3v) is 8.56. The van der Waals surface area contributed by atoms with Crippen molar-refractivity contribution in [1.29, 1.82) is 0 Å². The molecule has 0 radical (unpaired) electrons. The lowest BCUT2D eigenvalue weighted by molar-refractivity contribution is -0.153. The van der Waals surface area contributed by atoms with Crippen molar-refractivity contribution in [1.82, 2.24) is 9.21 Å². The van der Waals surface area contributed by atoms with Crippen LogP contribution in [0.1, 0.15) is 32.1 Å². The number of carbonyl (C=O) groups is 2. The summed E-state index contributed by atoms with van der Waals surface area (Å²) in [5.74, 6) is 1.30. The van der Waals surface area contributed by atoms with Crippen LogP contribution in [0.5, 0.6) is 0 Å². The molecule has 4 rings (SSSR count). The lowest BCUT2D eigenvalue weighted by Gasteiger charge is -2.33. The predicted molar refractivity (Wildman–Crippen MR) is 106 cm³/mol. The number of benzene rings is 1. The summed E-state index contributed by atoms with van der Waals surface area (Å²) in [6.45, 7) is 0.818. The van der Waals surface area contributed by atoms with Crippen LogP contribution >= 0.6 is 0 Å². The zero-order valence-corrected chi connectivity index (χ0v) is 17.4. The lowest BCUT2D eigenvalue weighted by Crippen LogP contribution is -2.51. The molecular weight excluding hydrogens is 392 g/mol. The number of fused-ring (bicyclic) bond motifs is 2. The Bertz CT molecular complexity index is 849. The summed E-state index contributed by atoms with van der Waals surface area (Å²) in [5.41, 5.74) is 0. The summed E-state index contributed by atoms with van der Waals surface area (Å²) < 4.78 is 31.9. The van der Waals surface area contributed by atoms with E-state index in [0.717, 1.165) is 12.3 Å². The molecule has 158 valence electrons. The largest absolute Gasteiger partial charge is 0.456 e. The molecule has 1 saturated heterocycles. The molecule has 3 aliphatic rings. The highest BCUT2D eigenvalue weighted by molar-refractivity contribution is 7.89. The second-order valence-corrected chi connectivity index (χ2v) is 10.3. The number of nitrogens with zero attached hydrogens (tertiary/aromatic N) is 2. The van der Waals surface area contributed by atoms with Crippen LogP contribution in [0.2, 0.25) is 0 Å². The van der Waals surface area contributed by atoms with E-state index in [4.69, 9.17) is 4.74 Å². The van der Waals surface area contributed by atoms with Crippen molar-refractivity contribution in [3.8, 4) is 0 Å². The van der Waals surface area contributed by atoms with Crippen molar-refractivity contribution >= 4 is 21.9 Å². The van der Waals surface area contributed by atoms with Gasteiger partial charge < -0.3 is 9.64 Å². The fourth-order valence-corrected chi connectivity index (χ4v) is 6.50. The average molecular weight is 421 g/mol. The number of hydrogen-bond acceptors (Lipinski definition) is 5. The summed E-state index contributed by atoms with van der Waals surface area (Å²) in [7, 11) is -3.54. The molecule has 1 aromatic carbocycles. The van der Waals surface area contributed by atoms with Gasteiger partial charge in [0.2, 0.25) is 10.0 Å². The second-order valence-electron chi connectivity index (χ2n) is 8.40. The topological polar surface area (TPSA) is 84.0 Å². The minimum absolute atomic E-state index is 0.238. The Morgan fingerprint density at radius 1 is 1.00 bits per heavy atom. The van der Waals surface area contributed by atoms with Gasteiger partial charge >= 0.3 is 5.97 Å². The summed E-state index contributed by atoms with van der Waals surface area (Å²) in [6.07, 6.45) is 5.29. The minimum atomic E-state index is -3.54. The van der Waals surface area contributed by atoms with Gasteiger partial charge in [0.1, 0.15) is 0 Å². The van der Waals surface area contributed by atoms with E-state index in [1.54, 1.807) is 35.2 Å². The number of ether oxygens (including phenoxy) is 1. The quantitative estimate of drug-likeness (QED) is 0.656. The van der Waals surface area contributed by atoms with Crippen molar-refractivity contribution in [2.45, 2.75) is 37.0 Å². The van der Waals surface area contributed by atoms with Crippen LogP contribution in [0, 0.1) is 17.8 Å². The smallest absolute Gasteiger partial charge is 0.306 e. The van der Waals surface area contributed by atoms with Crippen molar-refractivity contribution < 1.29 is 22.7 Å². The predicted octanol–water partition coefficient (Wildman–Crippen LogP) is 1.89. The maximum Gasteiger partial charge on any atom is 0.306 e. The highest BCUT2D eigenvalue weighted by atomic mass is 32.2. The van der Waals surface area contributed by atoms with Crippen LogP contribution in [-0.2, 0) is 24.3 Å². The number of sulfonamides is 1. The summed E-state index contributed by atoms with van der Waals surface area (Å²) in [6, 6.07) is 8.30. The minimum Gasteiger partial charge on any atom is -0.456 e. The van der Waals surface area contributed by atoms with Crippen LogP contribution in [0.25, 0.3) is 0 Å². The first-order valence-corrected chi connectivity index (χ1v) is 11.9. The van der Waals surface area contributed by atoms with Crippen LogP contribution in [0.15, 0.2) is 35.2 Å². The molecule has 3 atom stereocenters. The van der Waals surface area contributed by atoms with Crippen LogP contribution in [0.4, 0.5) is 0 Å². The van der Waals surface area contributed by atoms with Crippen molar-refractivity contribution in [3.05, 3.63) is 30.3 Å². The Morgan fingerprint density at radius 2 is 1.72 bits per heavy atom. The molecule has 1 aliphatic heterocycles. The van der Waals surface area contributed by atoms with Crippen LogP contribution in [0.3, 0.4) is 0 Å². The third kappa shape index (κ3) is 4.48. The monoisotopic (exact) mass is 420 g/mol. The van der Waals surface area contributed by atoms with Gasteiger partial charge in [-0.15, -0.1) is 0 Å². The van der Waals surface area contributed by atoms with E-state index in [9.17, 15) is 18.0 Å². The zero-order chi connectivity index (χ0) is 20.4. The number of amides is 1. The first kappa shape index (κ1) is 20.3. The Kier molecular flexibility index (Phi) is 5.92. The SMILES string of the molecule is O=C(CC1CC2CCC1C2)OCC(=O)N1CCN(S(=O)(=O)c2ccccc2)CC1. The van der Waals surface area contributed by atoms with Gasteiger partial charge in [0.05, 0.1) is 4.90 Å². The van der Waals surface area contributed by atoms with Gasteiger partial charge in [-0.1, -0.05) is 24.6 Å². The van der Waals surface area contributed by atoms with Crippen LogP contribution in [-0.4, -0.2) is 62.3 Å². The normalized spacial score (nSPS) is 27.2. The summed E-state index contributed by atoms with van der Waals surface area (Å²) >= 11 is 0. The first-order valence-electron chi connectivity index (χ1n) is 10.4. The molecule has 7 nitrogen and oxygen atoms in total. The third-order valence-electron chi connectivity index (χ3n) is 6.64. The van der Waals surface area contributed by atoms with E-state index in [1.807, 2.05) is 0 Å². The Hall–Kier alpha value is -1.93. The van der Waals surface area contributed by atoms with Gasteiger partial charge in [-0.2, -0.15) is 4.31 Å². The van der Waals surface area contributed by atoms with Crippen molar-refractivity contribution in [2.75, 3.05) is 32.8 Å². The number of hydrogen-bond donors (Lipinski definition) is 0. The Morgan fingerprint density at radius 3 is 2.34 bits per heavy atom. The standard InChI is InChI=1S/C21H28N2O5S/c24-20(15-28-21(25)14-18-13-16-6-7-17(18)12-16)22-8-10-23(11-9-22)29(26,27)19-4-2-1-3-5-19/h1-5,16-18H,6-15H2. The number of esters is 1. The fourth-order valence-electron chi connectivity index (χ4n) is 5.05. The van der Waals surface area contributed by atoms with Crippen molar-refractivity contribution in [2.24, 2.45) is 17.8 Å². The van der Waals surface area contributed by atoms with E-state index in [-0.39, 0.29) is 36.5 Å². The Balaban J connectivity index is 1.21. The van der Waals surface area contributed by atoms with Gasteiger partial charge in [0, 0.05) is 32.6 Å². The molecule has 8 heteroatoms. The molecule has 29 heavy (non-hydrogen) atoms. The maximum absolute atomic E-state index is 12.7. The van der Waals surface area contributed by atoms with E-state index in [1.165, 1.54) is 23.6 Å². The molecule has 0 N–H and O–H groups in total. The van der Waals surface area contributed by atoms with E-state index < -0.39 is 10.0 Å². The van der Waals surface area contributed by atoms with Gasteiger partial charge in [0.25, 0.3) is 5.91 Å². The average Bonchev–Trinajstić information content (AvgIpc) is 3.36. The summed E-state index contributed by atoms with van der Waals surface area (Å²) in [4.78, 5) is 26.3. The molecule has 1 amide bonds. The molecule has 3 fully saturated rings. The molecule has 2 saturated carbocycles. The molecule has 0 aromatic heterocycles. The van der Waals surface area contributed by atoms with Gasteiger partial charge in [-0.05, 0) is 49.1 Å². The van der Waals surface area contributed by atoms with Crippen LogP contribution < -0.4 is 0 Å².